The van der Waals surface area contributed by atoms with E-state index in [9.17, 15) is 4.79 Å². The first-order valence-electron chi connectivity index (χ1n) is 7.42. The fourth-order valence-corrected chi connectivity index (χ4v) is 2.12. The second kappa shape index (κ2) is 7.50. The predicted octanol–water partition coefficient (Wildman–Crippen LogP) is 3.70. The Balaban J connectivity index is 1.96. The highest BCUT2D eigenvalue weighted by atomic mass is 16.5. The lowest BCUT2D eigenvalue weighted by molar-refractivity contribution is -0.116. The Morgan fingerprint density at radius 1 is 1.14 bits per heavy atom. The Kier molecular flexibility index (Phi) is 5.42. The highest BCUT2D eigenvalue weighted by molar-refractivity contribution is 5.96. The summed E-state index contributed by atoms with van der Waals surface area (Å²) in [6.07, 6.45) is 0.974. The van der Waals surface area contributed by atoms with Crippen LogP contribution in [0.5, 0.6) is 5.75 Å². The third kappa shape index (κ3) is 4.25. The molecule has 4 nitrogen and oxygen atoms in total. The van der Waals surface area contributed by atoms with Crippen molar-refractivity contribution in [1.82, 2.24) is 0 Å². The summed E-state index contributed by atoms with van der Waals surface area (Å²) in [5.74, 6) is 0.688. The molecule has 0 fully saturated rings. The monoisotopic (exact) mass is 298 g/mol. The van der Waals surface area contributed by atoms with Crippen LogP contribution in [0.2, 0.25) is 0 Å². The van der Waals surface area contributed by atoms with Crippen LogP contribution in [0.3, 0.4) is 0 Å². The Labute approximate surface area is 131 Å². The molecule has 0 saturated carbocycles. The summed E-state index contributed by atoms with van der Waals surface area (Å²) in [6, 6.07) is 15.1. The van der Waals surface area contributed by atoms with E-state index in [1.54, 1.807) is 7.11 Å². The number of methoxy groups -OCH3 is 1. The van der Waals surface area contributed by atoms with Crippen LogP contribution in [-0.4, -0.2) is 19.1 Å². The third-order valence-corrected chi connectivity index (χ3v) is 3.47. The number of nitrogens with one attached hydrogen (secondary N) is 2. The highest BCUT2D eigenvalue weighted by Gasteiger charge is 2.12. The van der Waals surface area contributed by atoms with Crippen LogP contribution in [-0.2, 0) is 11.2 Å². The van der Waals surface area contributed by atoms with E-state index in [0.29, 0.717) is 0 Å². The van der Waals surface area contributed by atoms with Gasteiger partial charge in [-0.25, -0.2) is 0 Å². The zero-order valence-electron chi connectivity index (χ0n) is 13.2. The Hall–Kier alpha value is -2.49. The van der Waals surface area contributed by atoms with Gasteiger partial charge in [0.05, 0.1) is 7.11 Å². The largest absolute Gasteiger partial charge is 0.497 e. The van der Waals surface area contributed by atoms with E-state index in [-0.39, 0.29) is 11.9 Å². The quantitative estimate of drug-likeness (QED) is 0.855. The average Bonchev–Trinajstić information content (AvgIpc) is 2.55. The van der Waals surface area contributed by atoms with Crippen LogP contribution in [0.1, 0.15) is 19.4 Å². The fourth-order valence-electron chi connectivity index (χ4n) is 2.12. The molecule has 0 heterocycles. The third-order valence-electron chi connectivity index (χ3n) is 3.47. The maximum absolute atomic E-state index is 12.2. The number of carbonyl (C=O) groups is 1. The first kappa shape index (κ1) is 15.9. The van der Waals surface area contributed by atoms with E-state index in [1.807, 2.05) is 43.3 Å². The number of aryl methyl sites for hydroxylation is 1. The molecule has 2 aromatic rings. The van der Waals surface area contributed by atoms with Crippen LogP contribution in [0, 0.1) is 0 Å². The van der Waals surface area contributed by atoms with Crippen LogP contribution >= 0.6 is 0 Å². The molecule has 1 amide bonds. The van der Waals surface area contributed by atoms with Gasteiger partial charge in [-0.2, -0.15) is 0 Å². The summed E-state index contributed by atoms with van der Waals surface area (Å²) in [7, 11) is 1.62. The Bertz CT molecular complexity index is 623. The number of carbonyl (C=O) groups excluding carboxylic acids is 1. The van der Waals surface area contributed by atoms with Crippen molar-refractivity contribution in [2.75, 3.05) is 17.7 Å². The van der Waals surface area contributed by atoms with Crippen molar-refractivity contribution in [3.63, 3.8) is 0 Å². The minimum absolute atomic E-state index is 0.0768. The van der Waals surface area contributed by atoms with E-state index in [0.717, 1.165) is 23.5 Å². The summed E-state index contributed by atoms with van der Waals surface area (Å²) in [4.78, 5) is 12.2. The van der Waals surface area contributed by atoms with Crippen LogP contribution < -0.4 is 15.4 Å². The van der Waals surface area contributed by atoms with Crippen molar-refractivity contribution in [1.29, 1.82) is 0 Å². The predicted molar refractivity (Wildman–Crippen MR) is 90.5 cm³/mol. The lowest BCUT2D eigenvalue weighted by Crippen LogP contribution is -2.31. The van der Waals surface area contributed by atoms with Gasteiger partial charge in [-0.1, -0.05) is 19.1 Å². The number of rotatable bonds is 6. The van der Waals surface area contributed by atoms with Gasteiger partial charge in [-0.15, -0.1) is 0 Å². The number of anilines is 2. The van der Waals surface area contributed by atoms with Gasteiger partial charge in [0, 0.05) is 11.4 Å². The molecule has 0 saturated heterocycles. The zero-order chi connectivity index (χ0) is 15.9. The summed E-state index contributed by atoms with van der Waals surface area (Å²) >= 11 is 0. The number of hydrogen-bond donors (Lipinski definition) is 2. The Morgan fingerprint density at radius 3 is 2.50 bits per heavy atom. The van der Waals surface area contributed by atoms with E-state index >= 15 is 0 Å². The molecule has 22 heavy (non-hydrogen) atoms. The maximum atomic E-state index is 12.2. The van der Waals surface area contributed by atoms with Crippen molar-refractivity contribution in [2.45, 2.75) is 26.3 Å². The standard InChI is InChI=1S/C18H22N2O2/c1-4-14-6-5-7-16(12-14)19-13(2)18(21)20-15-8-10-17(22-3)11-9-15/h5-13,19H,4H2,1-3H3,(H,20,21). The molecule has 4 heteroatoms. The summed E-state index contributed by atoms with van der Waals surface area (Å²) in [5, 5.41) is 6.11. The van der Waals surface area contributed by atoms with Crippen molar-refractivity contribution in [3.8, 4) is 5.75 Å². The molecule has 0 aliphatic carbocycles. The van der Waals surface area contributed by atoms with E-state index in [2.05, 4.69) is 29.7 Å². The average molecular weight is 298 g/mol. The van der Waals surface area contributed by atoms with Gasteiger partial charge >= 0.3 is 0 Å². The lowest BCUT2D eigenvalue weighted by Gasteiger charge is -2.16. The maximum Gasteiger partial charge on any atom is 0.246 e. The number of hydrogen-bond acceptors (Lipinski definition) is 3. The second-order valence-electron chi connectivity index (χ2n) is 5.14. The topological polar surface area (TPSA) is 50.4 Å². The van der Waals surface area contributed by atoms with E-state index < -0.39 is 0 Å². The van der Waals surface area contributed by atoms with Gasteiger partial charge < -0.3 is 15.4 Å². The number of amides is 1. The van der Waals surface area contributed by atoms with E-state index in [1.165, 1.54) is 5.56 Å². The van der Waals surface area contributed by atoms with Crippen LogP contribution in [0.15, 0.2) is 48.5 Å². The molecule has 0 spiro atoms. The van der Waals surface area contributed by atoms with Gasteiger partial charge in [-0.05, 0) is 55.3 Å². The summed E-state index contributed by atoms with van der Waals surface area (Å²) in [5.41, 5.74) is 2.95. The molecular weight excluding hydrogens is 276 g/mol. The fraction of sp³-hybridized carbons (Fsp3) is 0.278. The minimum Gasteiger partial charge on any atom is -0.497 e. The van der Waals surface area contributed by atoms with Crippen molar-refractivity contribution < 1.29 is 9.53 Å². The molecule has 0 bridgehead atoms. The first-order valence-corrected chi connectivity index (χ1v) is 7.42. The van der Waals surface area contributed by atoms with Gasteiger partial charge in [-0.3, -0.25) is 4.79 Å². The second-order valence-corrected chi connectivity index (χ2v) is 5.14. The zero-order valence-corrected chi connectivity index (χ0v) is 13.2. The number of benzene rings is 2. The summed E-state index contributed by atoms with van der Waals surface area (Å²) in [6.45, 7) is 3.95. The van der Waals surface area contributed by atoms with Crippen molar-refractivity contribution in [3.05, 3.63) is 54.1 Å². The molecule has 2 aromatic carbocycles. The SMILES string of the molecule is CCc1cccc(NC(C)C(=O)Nc2ccc(OC)cc2)c1. The van der Waals surface area contributed by atoms with E-state index in [4.69, 9.17) is 4.74 Å². The van der Waals surface area contributed by atoms with Crippen LogP contribution in [0.4, 0.5) is 11.4 Å². The van der Waals surface area contributed by atoms with Crippen molar-refractivity contribution in [2.24, 2.45) is 0 Å². The van der Waals surface area contributed by atoms with Gasteiger partial charge in [0.25, 0.3) is 0 Å². The first-order chi connectivity index (χ1) is 10.6. The molecule has 0 aromatic heterocycles. The minimum atomic E-state index is -0.325. The van der Waals surface area contributed by atoms with Gasteiger partial charge in [0.1, 0.15) is 11.8 Å². The molecule has 116 valence electrons. The highest BCUT2D eigenvalue weighted by Crippen LogP contribution is 2.16. The molecule has 1 unspecified atom stereocenters. The normalized spacial score (nSPS) is 11.6. The van der Waals surface area contributed by atoms with Gasteiger partial charge in [0.15, 0.2) is 0 Å². The van der Waals surface area contributed by atoms with Crippen LogP contribution in [0.25, 0.3) is 0 Å². The molecule has 1 atom stereocenters. The molecular formula is C18H22N2O2. The van der Waals surface area contributed by atoms with Crippen molar-refractivity contribution >= 4 is 17.3 Å². The smallest absolute Gasteiger partial charge is 0.246 e. The molecule has 0 aliphatic heterocycles. The molecule has 2 N–H and O–H groups in total. The molecule has 0 aliphatic rings. The molecule has 0 radical (unpaired) electrons. The lowest BCUT2D eigenvalue weighted by atomic mass is 10.1. The Morgan fingerprint density at radius 2 is 1.86 bits per heavy atom. The van der Waals surface area contributed by atoms with Gasteiger partial charge in [0.2, 0.25) is 5.91 Å². The number of ether oxygens (including phenoxy) is 1. The summed E-state index contributed by atoms with van der Waals surface area (Å²) < 4.78 is 5.10. The molecule has 2 rings (SSSR count).